The van der Waals surface area contributed by atoms with Gasteiger partial charge >= 0.3 is 0 Å². The van der Waals surface area contributed by atoms with Crippen LogP contribution in [0.15, 0.2) is 30.3 Å². The molecule has 0 radical (unpaired) electrons. The highest BCUT2D eigenvalue weighted by molar-refractivity contribution is 5.20. The summed E-state index contributed by atoms with van der Waals surface area (Å²) in [5.74, 6) is 0.542. The third-order valence-electron chi connectivity index (χ3n) is 4.11. The van der Waals surface area contributed by atoms with Gasteiger partial charge in [0.1, 0.15) is 0 Å². The Bertz CT molecular complexity index is 350. The summed E-state index contributed by atoms with van der Waals surface area (Å²) < 4.78 is 5.90. The van der Waals surface area contributed by atoms with Crippen LogP contribution in [0.2, 0.25) is 0 Å². The summed E-state index contributed by atoms with van der Waals surface area (Å²) in [6.07, 6.45) is 6.16. The molecule has 3 atom stereocenters. The zero-order chi connectivity index (χ0) is 13.5. The first kappa shape index (κ1) is 14.5. The van der Waals surface area contributed by atoms with Crippen molar-refractivity contribution in [1.29, 1.82) is 0 Å². The van der Waals surface area contributed by atoms with Crippen LogP contribution >= 0.6 is 0 Å². The van der Waals surface area contributed by atoms with Gasteiger partial charge in [-0.05, 0) is 37.2 Å². The molecule has 1 fully saturated rings. The molecule has 1 aromatic carbocycles. The lowest BCUT2D eigenvalue weighted by Gasteiger charge is -2.33. The van der Waals surface area contributed by atoms with E-state index < -0.39 is 0 Å². The van der Waals surface area contributed by atoms with E-state index in [0.29, 0.717) is 5.92 Å². The van der Waals surface area contributed by atoms with Gasteiger partial charge in [0.25, 0.3) is 0 Å². The van der Waals surface area contributed by atoms with Gasteiger partial charge in [-0.3, -0.25) is 0 Å². The Labute approximate surface area is 116 Å². The van der Waals surface area contributed by atoms with Crippen LogP contribution in [0.1, 0.15) is 56.9 Å². The fraction of sp³-hybridized carbons (Fsp3) is 0.647. The Kier molecular flexibility index (Phi) is 5.87. The third kappa shape index (κ3) is 4.32. The van der Waals surface area contributed by atoms with Crippen molar-refractivity contribution in [3.05, 3.63) is 35.9 Å². The summed E-state index contributed by atoms with van der Waals surface area (Å²) in [5, 5.41) is 10.1. The smallest absolute Gasteiger partial charge is 0.0839 e. The molecule has 2 rings (SSSR count). The first-order valence-electron chi connectivity index (χ1n) is 7.66. The monoisotopic (exact) mass is 262 g/mol. The van der Waals surface area contributed by atoms with Crippen molar-refractivity contribution in [2.45, 2.75) is 63.6 Å². The Hall–Kier alpha value is -0.860. The summed E-state index contributed by atoms with van der Waals surface area (Å²) in [5.41, 5.74) is 1.39. The predicted molar refractivity (Wildman–Crippen MR) is 78.3 cm³/mol. The molecule has 2 nitrogen and oxygen atoms in total. The average Bonchev–Trinajstić information content (AvgIpc) is 2.46. The van der Waals surface area contributed by atoms with Crippen molar-refractivity contribution in [2.75, 3.05) is 6.61 Å². The number of benzene rings is 1. The van der Waals surface area contributed by atoms with Crippen LogP contribution in [0.5, 0.6) is 0 Å². The van der Waals surface area contributed by atoms with Crippen LogP contribution in [0.25, 0.3) is 0 Å². The van der Waals surface area contributed by atoms with Crippen LogP contribution in [0.3, 0.4) is 0 Å². The van der Waals surface area contributed by atoms with Crippen LogP contribution in [0, 0.1) is 0 Å². The van der Waals surface area contributed by atoms with Gasteiger partial charge in [0.2, 0.25) is 0 Å². The first-order chi connectivity index (χ1) is 9.31. The van der Waals surface area contributed by atoms with Gasteiger partial charge in [-0.1, -0.05) is 50.1 Å². The van der Waals surface area contributed by atoms with Gasteiger partial charge in [-0.15, -0.1) is 0 Å². The lowest BCUT2D eigenvalue weighted by atomic mass is 9.81. The molecule has 0 aromatic heterocycles. The molecule has 1 N–H and O–H groups in total. The molecular formula is C17H26O2. The van der Waals surface area contributed by atoms with Gasteiger partial charge in [0.05, 0.1) is 12.2 Å². The van der Waals surface area contributed by atoms with E-state index in [-0.39, 0.29) is 12.2 Å². The molecule has 1 aliphatic carbocycles. The molecule has 0 aliphatic heterocycles. The van der Waals surface area contributed by atoms with E-state index in [4.69, 9.17) is 4.74 Å². The number of hydrogen-bond acceptors (Lipinski definition) is 2. The molecule has 2 heteroatoms. The van der Waals surface area contributed by atoms with Crippen molar-refractivity contribution in [3.63, 3.8) is 0 Å². The molecule has 1 aromatic rings. The number of unbranched alkanes of at least 4 members (excludes halogenated alkanes) is 2. The zero-order valence-electron chi connectivity index (χ0n) is 11.9. The second-order valence-electron chi connectivity index (χ2n) is 5.60. The minimum absolute atomic E-state index is 0.0239. The van der Waals surface area contributed by atoms with E-state index in [1.54, 1.807) is 0 Å². The lowest BCUT2D eigenvalue weighted by Crippen LogP contribution is -2.35. The summed E-state index contributed by atoms with van der Waals surface area (Å²) in [6, 6.07) is 10.6. The van der Waals surface area contributed by atoms with E-state index in [1.165, 1.54) is 18.4 Å². The van der Waals surface area contributed by atoms with E-state index in [9.17, 15) is 5.11 Å². The van der Waals surface area contributed by atoms with E-state index in [2.05, 4.69) is 37.3 Å². The number of ether oxygens (including phenoxy) is 1. The average molecular weight is 262 g/mol. The summed E-state index contributed by atoms with van der Waals surface area (Å²) in [6.45, 7) is 2.98. The maximum absolute atomic E-state index is 10.1. The summed E-state index contributed by atoms with van der Waals surface area (Å²) >= 11 is 0. The van der Waals surface area contributed by atoms with Gasteiger partial charge in [0.15, 0.2) is 0 Å². The SMILES string of the molecule is CCCCCOC1CC(c2ccccc2)CCC1O. The van der Waals surface area contributed by atoms with Gasteiger partial charge in [-0.25, -0.2) is 0 Å². The normalized spacial score (nSPS) is 27.4. The second kappa shape index (κ2) is 7.66. The van der Waals surface area contributed by atoms with Crippen LogP contribution in [0.4, 0.5) is 0 Å². The lowest BCUT2D eigenvalue weighted by molar-refractivity contribution is -0.0641. The molecule has 3 unspecified atom stereocenters. The maximum atomic E-state index is 10.1. The predicted octanol–water partition coefficient (Wildman–Crippen LogP) is 3.89. The topological polar surface area (TPSA) is 29.5 Å². The van der Waals surface area contributed by atoms with Gasteiger partial charge < -0.3 is 9.84 Å². The van der Waals surface area contributed by atoms with Crippen molar-refractivity contribution in [3.8, 4) is 0 Å². The minimum atomic E-state index is -0.276. The molecule has 19 heavy (non-hydrogen) atoms. The first-order valence-corrected chi connectivity index (χ1v) is 7.66. The molecule has 0 bridgehead atoms. The van der Waals surface area contributed by atoms with Crippen molar-refractivity contribution in [1.82, 2.24) is 0 Å². The number of hydrogen-bond donors (Lipinski definition) is 1. The Morgan fingerprint density at radius 2 is 1.95 bits per heavy atom. The maximum Gasteiger partial charge on any atom is 0.0839 e. The van der Waals surface area contributed by atoms with E-state index >= 15 is 0 Å². The highest BCUT2D eigenvalue weighted by Gasteiger charge is 2.30. The molecule has 0 amide bonds. The Morgan fingerprint density at radius 1 is 1.16 bits per heavy atom. The highest BCUT2D eigenvalue weighted by Crippen LogP contribution is 2.34. The van der Waals surface area contributed by atoms with Crippen LogP contribution in [-0.2, 0) is 4.74 Å². The van der Waals surface area contributed by atoms with E-state index in [0.717, 1.165) is 32.3 Å². The standard InChI is InChI=1S/C17H26O2/c1-2-3-7-12-19-17-13-15(10-11-16(17)18)14-8-5-4-6-9-14/h4-6,8-9,15-18H,2-3,7,10-13H2,1H3. The van der Waals surface area contributed by atoms with Gasteiger partial charge in [-0.2, -0.15) is 0 Å². The number of rotatable bonds is 6. The quantitative estimate of drug-likeness (QED) is 0.788. The molecule has 0 saturated heterocycles. The highest BCUT2D eigenvalue weighted by atomic mass is 16.5. The Morgan fingerprint density at radius 3 is 2.68 bits per heavy atom. The fourth-order valence-electron chi connectivity index (χ4n) is 2.91. The molecule has 0 spiro atoms. The molecule has 106 valence electrons. The van der Waals surface area contributed by atoms with Crippen molar-refractivity contribution in [2.24, 2.45) is 0 Å². The third-order valence-corrected chi connectivity index (χ3v) is 4.11. The Balaban J connectivity index is 1.85. The van der Waals surface area contributed by atoms with Gasteiger partial charge in [0, 0.05) is 6.61 Å². The summed E-state index contributed by atoms with van der Waals surface area (Å²) in [4.78, 5) is 0. The largest absolute Gasteiger partial charge is 0.390 e. The van der Waals surface area contributed by atoms with E-state index in [1.807, 2.05) is 0 Å². The molecule has 1 aliphatic rings. The van der Waals surface area contributed by atoms with Crippen molar-refractivity contribution >= 4 is 0 Å². The van der Waals surface area contributed by atoms with Crippen LogP contribution < -0.4 is 0 Å². The van der Waals surface area contributed by atoms with Crippen LogP contribution in [-0.4, -0.2) is 23.9 Å². The molecule has 0 heterocycles. The fourth-order valence-corrected chi connectivity index (χ4v) is 2.91. The zero-order valence-corrected chi connectivity index (χ0v) is 11.9. The second-order valence-corrected chi connectivity index (χ2v) is 5.60. The number of aliphatic hydroxyl groups excluding tert-OH is 1. The van der Waals surface area contributed by atoms with Crippen molar-refractivity contribution < 1.29 is 9.84 Å². The number of aliphatic hydroxyl groups is 1. The molecule has 1 saturated carbocycles. The minimum Gasteiger partial charge on any atom is -0.390 e. The summed E-state index contributed by atoms with van der Waals surface area (Å²) in [7, 11) is 0. The molecular weight excluding hydrogens is 236 g/mol.